The summed E-state index contributed by atoms with van der Waals surface area (Å²) in [5.74, 6) is 0.123. The number of nitrogens with zero attached hydrogens (tertiary/aromatic N) is 5. The quantitative estimate of drug-likeness (QED) is 0.529. The fourth-order valence-corrected chi connectivity index (χ4v) is 6.68. The van der Waals surface area contributed by atoms with E-state index in [1.165, 1.54) is 21.8 Å². The number of carbonyl (C=O) groups excluding carboxylic acids is 1. The highest BCUT2D eigenvalue weighted by molar-refractivity contribution is 7.12. The molecule has 0 bridgehead atoms. The predicted molar refractivity (Wildman–Crippen MR) is 122 cm³/mol. The summed E-state index contributed by atoms with van der Waals surface area (Å²) in [5, 5.41) is 6.66. The van der Waals surface area contributed by atoms with E-state index in [4.69, 9.17) is 5.10 Å². The first-order valence-electron chi connectivity index (χ1n) is 9.87. The molecule has 0 N–H and O–H groups in total. The zero-order chi connectivity index (χ0) is 20.8. The fraction of sp³-hybridized carbons (Fsp3) is 0.381. The molecule has 6 nitrogen and oxygen atoms in total. The van der Waals surface area contributed by atoms with Gasteiger partial charge in [-0.15, -0.1) is 34.0 Å². The molecular formula is C21H21N5OS3. The Labute approximate surface area is 187 Å². The van der Waals surface area contributed by atoms with Gasteiger partial charge >= 0.3 is 0 Å². The van der Waals surface area contributed by atoms with E-state index >= 15 is 0 Å². The normalized spacial score (nSPS) is 22.4. The number of aryl methyl sites for hydroxylation is 3. The second-order valence-electron chi connectivity index (χ2n) is 7.62. The van der Waals surface area contributed by atoms with Crippen molar-refractivity contribution in [3.05, 3.63) is 53.8 Å². The van der Waals surface area contributed by atoms with Crippen LogP contribution in [-0.4, -0.2) is 31.6 Å². The SMILES string of the molecule is Cc1ncsc1/C=C1\CCC[C@H]2C1=NN(C(=O)c1scnc1C)[C@H]2c1scnc1C. The van der Waals surface area contributed by atoms with Crippen molar-refractivity contribution in [3.63, 3.8) is 0 Å². The topological polar surface area (TPSA) is 71.3 Å². The summed E-state index contributed by atoms with van der Waals surface area (Å²) in [5.41, 5.74) is 10.5. The van der Waals surface area contributed by atoms with Crippen LogP contribution in [0.4, 0.5) is 0 Å². The highest BCUT2D eigenvalue weighted by atomic mass is 32.1. The third kappa shape index (κ3) is 3.25. The summed E-state index contributed by atoms with van der Waals surface area (Å²) in [6.07, 6.45) is 5.30. The number of rotatable bonds is 3. The molecule has 0 spiro atoms. The van der Waals surface area contributed by atoms with Crippen molar-refractivity contribution < 1.29 is 4.79 Å². The van der Waals surface area contributed by atoms with Crippen molar-refractivity contribution in [2.45, 2.75) is 46.1 Å². The summed E-state index contributed by atoms with van der Waals surface area (Å²) in [7, 11) is 0. The van der Waals surface area contributed by atoms with Gasteiger partial charge < -0.3 is 0 Å². The number of hydrogen-bond donors (Lipinski definition) is 0. The van der Waals surface area contributed by atoms with Crippen molar-refractivity contribution in [2.24, 2.45) is 11.0 Å². The molecule has 3 aromatic rings. The first-order chi connectivity index (χ1) is 14.5. The summed E-state index contributed by atoms with van der Waals surface area (Å²) < 4.78 is 0. The number of hydrogen-bond acceptors (Lipinski definition) is 8. The van der Waals surface area contributed by atoms with Gasteiger partial charge in [0.15, 0.2) is 0 Å². The molecule has 4 heterocycles. The maximum atomic E-state index is 13.5. The molecule has 1 amide bonds. The molecule has 0 aromatic carbocycles. The molecule has 5 rings (SSSR count). The van der Waals surface area contributed by atoms with Crippen LogP contribution < -0.4 is 0 Å². The summed E-state index contributed by atoms with van der Waals surface area (Å²) >= 11 is 4.65. The Kier molecular flexibility index (Phi) is 5.12. The molecule has 1 fully saturated rings. The lowest BCUT2D eigenvalue weighted by molar-refractivity contribution is 0.0687. The van der Waals surface area contributed by atoms with E-state index in [0.717, 1.165) is 46.9 Å². The van der Waals surface area contributed by atoms with Gasteiger partial charge in [-0.2, -0.15) is 5.10 Å². The molecule has 2 aliphatic rings. The number of amides is 1. The molecule has 0 radical (unpaired) electrons. The molecule has 0 saturated heterocycles. The molecule has 154 valence electrons. The Morgan fingerprint density at radius 2 is 1.77 bits per heavy atom. The number of hydrazone groups is 1. The van der Waals surface area contributed by atoms with Gasteiger partial charge in [0.25, 0.3) is 5.91 Å². The van der Waals surface area contributed by atoms with E-state index in [1.54, 1.807) is 33.2 Å². The first-order valence-corrected chi connectivity index (χ1v) is 12.5. The van der Waals surface area contributed by atoms with Crippen LogP contribution in [0.2, 0.25) is 0 Å². The van der Waals surface area contributed by atoms with Crippen LogP contribution in [0.3, 0.4) is 0 Å². The Bertz CT molecular complexity index is 1170. The minimum Gasteiger partial charge on any atom is -0.266 e. The van der Waals surface area contributed by atoms with Crippen molar-refractivity contribution in [2.75, 3.05) is 0 Å². The van der Waals surface area contributed by atoms with Gasteiger partial charge in [-0.3, -0.25) is 4.79 Å². The van der Waals surface area contributed by atoms with Crippen LogP contribution in [0, 0.1) is 26.7 Å². The molecule has 1 saturated carbocycles. The largest absolute Gasteiger partial charge is 0.286 e. The van der Waals surface area contributed by atoms with Gasteiger partial charge in [0.1, 0.15) is 10.9 Å². The van der Waals surface area contributed by atoms with Crippen LogP contribution in [0.1, 0.15) is 61.8 Å². The summed E-state index contributed by atoms with van der Waals surface area (Å²) in [6, 6.07) is -0.104. The Morgan fingerprint density at radius 1 is 1.03 bits per heavy atom. The maximum absolute atomic E-state index is 13.5. The van der Waals surface area contributed by atoms with E-state index in [2.05, 4.69) is 21.0 Å². The first kappa shape index (κ1) is 19.7. The lowest BCUT2D eigenvalue weighted by Gasteiger charge is -2.28. The number of carbonyl (C=O) groups is 1. The van der Waals surface area contributed by atoms with Gasteiger partial charge in [0.2, 0.25) is 0 Å². The van der Waals surface area contributed by atoms with Crippen LogP contribution in [-0.2, 0) is 0 Å². The number of thiazole rings is 3. The predicted octanol–water partition coefficient (Wildman–Crippen LogP) is 5.42. The second kappa shape index (κ2) is 7.79. The third-order valence-electron chi connectivity index (χ3n) is 5.79. The molecule has 1 aliphatic carbocycles. The van der Waals surface area contributed by atoms with Gasteiger partial charge in [0, 0.05) is 5.92 Å². The monoisotopic (exact) mass is 455 g/mol. The van der Waals surface area contributed by atoms with E-state index in [1.807, 2.05) is 31.8 Å². The van der Waals surface area contributed by atoms with Gasteiger partial charge in [-0.1, -0.05) is 0 Å². The maximum Gasteiger partial charge on any atom is 0.286 e. The second-order valence-corrected chi connectivity index (χ2v) is 10.2. The number of aromatic nitrogens is 3. The van der Waals surface area contributed by atoms with E-state index in [9.17, 15) is 4.79 Å². The lowest BCUT2D eigenvalue weighted by Crippen LogP contribution is -2.31. The van der Waals surface area contributed by atoms with E-state index in [-0.39, 0.29) is 17.9 Å². The van der Waals surface area contributed by atoms with Crippen molar-refractivity contribution in [1.82, 2.24) is 20.0 Å². The Balaban J connectivity index is 1.61. The van der Waals surface area contributed by atoms with E-state index in [0.29, 0.717) is 4.88 Å². The molecule has 1 aliphatic heterocycles. The molecule has 30 heavy (non-hydrogen) atoms. The van der Waals surface area contributed by atoms with Crippen molar-refractivity contribution in [1.29, 1.82) is 0 Å². The Hall–Kier alpha value is -2.23. The van der Waals surface area contributed by atoms with E-state index < -0.39 is 0 Å². The number of fused-ring (bicyclic) bond motifs is 1. The summed E-state index contributed by atoms with van der Waals surface area (Å²) in [6.45, 7) is 5.93. The standard InChI is InChI=1S/C21H21N5OS3/c1-11-16(28-8-22-11)7-14-5-4-6-15-17(14)25-26(18(15)19-12(2)23-9-29-19)21(27)20-13(3)24-10-30-20/h7-10,15,18H,4-6H2,1-3H3/b14-7+/t15-,18+/m0/s1. The zero-order valence-electron chi connectivity index (χ0n) is 17.0. The van der Waals surface area contributed by atoms with Gasteiger partial charge in [-0.25, -0.2) is 20.0 Å². The lowest BCUT2D eigenvalue weighted by atomic mass is 9.79. The molecule has 3 aromatic heterocycles. The third-order valence-corrected chi connectivity index (χ3v) is 8.58. The minimum atomic E-state index is -0.104. The van der Waals surface area contributed by atoms with Gasteiger partial charge in [0.05, 0.1) is 49.1 Å². The summed E-state index contributed by atoms with van der Waals surface area (Å²) in [4.78, 5) is 29.6. The number of allylic oxidation sites excluding steroid dienone is 1. The molecule has 0 unspecified atom stereocenters. The molecule has 2 atom stereocenters. The average Bonchev–Trinajstić information content (AvgIpc) is 3.50. The Morgan fingerprint density at radius 3 is 2.43 bits per heavy atom. The highest BCUT2D eigenvalue weighted by Gasteiger charge is 2.45. The van der Waals surface area contributed by atoms with Crippen LogP contribution >= 0.6 is 34.0 Å². The van der Waals surface area contributed by atoms with Gasteiger partial charge in [-0.05, 0) is 51.7 Å². The molecular weight excluding hydrogens is 434 g/mol. The van der Waals surface area contributed by atoms with Crippen LogP contribution in [0.5, 0.6) is 0 Å². The zero-order valence-corrected chi connectivity index (χ0v) is 19.4. The fourth-order valence-electron chi connectivity index (χ4n) is 4.24. The smallest absolute Gasteiger partial charge is 0.266 e. The highest BCUT2D eigenvalue weighted by Crippen LogP contribution is 2.47. The van der Waals surface area contributed by atoms with Crippen LogP contribution in [0.25, 0.3) is 6.08 Å². The van der Waals surface area contributed by atoms with Crippen molar-refractivity contribution in [3.8, 4) is 0 Å². The average molecular weight is 456 g/mol. The minimum absolute atomic E-state index is 0.0666. The van der Waals surface area contributed by atoms with Crippen LogP contribution in [0.15, 0.2) is 27.2 Å². The molecule has 9 heteroatoms. The van der Waals surface area contributed by atoms with Crippen molar-refractivity contribution >= 4 is 51.7 Å².